The first kappa shape index (κ1) is 26.7. The Balaban J connectivity index is 1.91. The van der Waals surface area contributed by atoms with Gasteiger partial charge in [0.05, 0.1) is 17.1 Å². The van der Waals surface area contributed by atoms with Gasteiger partial charge in [0.15, 0.2) is 0 Å². The van der Waals surface area contributed by atoms with Gasteiger partial charge in [-0.1, -0.05) is 19.1 Å². The number of nitrogens with one attached hydrogen (secondary N) is 3. The van der Waals surface area contributed by atoms with Crippen LogP contribution in [0.25, 0.3) is 0 Å². The van der Waals surface area contributed by atoms with Crippen LogP contribution in [0.5, 0.6) is 5.88 Å². The van der Waals surface area contributed by atoms with Gasteiger partial charge >= 0.3 is 6.09 Å². The second-order valence-corrected chi connectivity index (χ2v) is 8.81. The standard InChI is InChI=1S/C22H28N4O7S/c1-3-4-19(27)23-12-11-16-5-8-18(9-6-16)34(30,31)26-21(28)17-7-10-20(25-15-17)33-22(29)24-13-14-32-2/h5-10,15H,3-4,11-14H2,1-2H3,(H,23,27)(H,24,29)(H,26,28). The van der Waals surface area contributed by atoms with E-state index in [0.717, 1.165) is 18.2 Å². The molecule has 11 nitrogen and oxygen atoms in total. The predicted octanol–water partition coefficient (Wildman–Crippen LogP) is 1.39. The van der Waals surface area contributed by atoms with Gasteiger partial charge < -0.3 is 20.1 Å². The van der Waals surface area contributed by atoms with Crippen LogP contribution in [0.1, 0.15) is 35.7 Å². The maximum Gasteiger partial charge on any atom is 0.414 e. The molecule has 0 aliphatic rings. The summed E-state index contributed by atoms with van der Waals surface area (Å²) in [7, 11) is -2.62. The lowest BCUT2D eigenvalue weighted by Gasteiger charge is -2.09. The monoisotopic (exact) mass is 492 g/mol. The second kappa shape index (κ2) is 13.3. The van der Waals surface area contributed by atoms with Gasteiger partial charge in [0.25, 0.3) is 15.9 Å². The molecule has 34 heavy (non-hydrogen) atoms. The van der Waals surface area contributed by atoms with Crippen LogP contribution in [-0.4, -0.2) is 58.1 Å². The number of carbonyl (C=O) groups excluding carboxylic acids is 3. The molecular formula is C22H28N4O7S. The molecule has 12 heteroatoms. The summed E-state index contributed by atoms with van der Waals surface area (Å²) >= 11 is 0. The van der Waals surface area contributed by atoms with E-state index in [4.69, 9.17) is 9.47 Å². The van der Waals surface area contributed by atoms with Crippen LogP contribution in [0.3, 0.4) is 0 Å². The van der Waals surface area contributed by atoms with Crippen molar-refractivity contribution in [2.45, 2.75) is 31.1 Å². The van der Waals surface area contributed by atoms with Crippen molar-refractivity contribution in [1.82, 2.24) is 20.3 Å². The van der Waals surface area contributed by atoms with Crippen molar-refractivity contribution in [3.05, 3.63) is 53.7 Å². The van der Waals surface area contributed by atoms with Crippen LogP contribution in [0.4, 0.5) is 4.79 Å². The zero-order valence-corrected chi connectivity index (χ0v) is 19.8. The van der Waals surface area contributed by atoms with Gasteiger partial charge in [-0.25, -0.2) is 22.9 Å². The summed E-state index contributed by atoms with van der Waals surface area (Å²) in [6.45, 7) is 2.94. The largest absolute Gasteiger partial charge is 0.414 e. The van der Waals surface area contributed by atoms with E-state index in [1.807, 2.05) is 11.6 Å². The molecule has 0 unspecified atom stereocenters. The highest BCUT2D eigenvalue weighted by Gasteiger charge is 2.19. The Labute approximate surface area is 198 Å². The molecule has 0 saturated heterocycles. The number of amides is 3. The van der Waals surface area contributed by atoms with Crippen LogP contribution in [0.15, 0.2) is 47.5 Å². The van der Waals surface area contributed by atoms with E-state index in [1.165, 1.54) is 31.4 Å². The van der Waals surface area contributed by atoms with E-state index in [0.29, 0.717) is 26.0 Å². The third kappa shape index (κ3) is 8.79. The van der Waals surface area contributed by atoms with Gasteiger partial charge in [0.1, 0.15) is 0 Å². The number of ether oxygens (including phenoxy) is 2. The molecule has 0 aliphatic carbocycles. The first-order valence-electron chi connectivity index (χ1n) is 10.6. The molecule has 0 fully saturated rings. The molecule has 1 heterocycles. The molecule has 3 amide bonds. The fourth-order valence-electron chi connectivity index (χ4n) is 2.70. The molecule has 184 valence electrons. The predicted molar refractivity (Wildman–Crippen MR) is 123 cm³/mol. The number of carbonyl (C=O) groups is 3. The highest BCUT2D eigenvalue weighted by atomic mass is 32.2. The summed E-state index contributed by atoms with van der Waals surface area (Å²) in [5.74, 6) is -0.967. The van der Waals surface area contributed by atoms with Crippen molar-refractivity contribution in [3.8, 4) is 5.88 Å². The average molecular weight is 493 g/mol. The Morgan fingerprint density at radius 3 is 2.35 bits per heavy atom. The van der Waals surface area contributed by atoms with E-state index in [2.05, 4.69) is 15.6 Å². The smallest absolute Gasteiger partial charge is 0.391 e. The van der Waals surface area contributed by atoms with Crippen LogP contribution >= 0.6 is 0 Å². The Morgan fingerprint density at radius 2 is 1.74 bits per heavy atom. The van der Waals surface area contributed by atoms with Crippen molar-refractivity contribution in [1.29, 1.82) is 0 Å². The van der Waals surface area contributed by atoms with Crippen molar-refractivity contribution in [2.75, 3.05) is 26.8 Å². The number of nitrogens with zero attached hydrogens (tertiary/aromatic N) is 1. The first-order chi connectivity index (χ1) is 16.2. The zero-order chi connectivity index (χ0) is 25.0. The molecule has 0 saturated carbocycles. The normalized spacial score (nSPS) is 10.9. The SMILES string of the molecule is CCCC(=O)NCCc1ccc(S(=O)(=O)NC(=O)c2ccc(OC(=O)NCCOC)nc2)cc1. The molecule has 0 radical (unpaired) electrons. The molecule has 2 rings (SSSR count). The van der Waals surface area contributed by atoms with E-state index >= 15 is 0 Å². The highest BCUT2D eigenvalue weighted by Crippen LogP contribution is 2.13. The maximum atomic E-state index is 12.5. The van der Waals surface area contributed by atoms with E-state index in [9.17, 15) is 22.8 Å². The number of aromatic nitrogens is 1. The number of benzene rings is 1. The maximum absolute atomic E-state index is 12.5. The quantitative estimate of drug-likeness (QED) is 0.376. The molecule has 2 aromatic rings. The third-order valence-electron chi connectivity index (χ3n) is 4.44. The van der Waals surface area contributed by atoms with Crippen molar-refractivity contribution >= 4 is 27.9 Å². The van der Waals surface area contributed by atoms with Gasteiger partial charge in [-0.15, -0.1) is 0 Å². The lowest BCUT2D eigenvalue weighted by atomic mass is 10.1. The highest BCUT2D eigenvalue weighted by molar-refractivity contribution is 7.90. The topological polar surface area (TPSA) is 153 Å². The fourth-order valence-corrected chi connectivity index (χ4v) is 3.67. The number of pyridine rings is 1. The lowest BCUT2D eigenvalue weighted by Crippen LogP contribution is -2.31. The Bertz CT molecular complexity index is 1070. The summed E-state index contributed by atoms with van der Waals surface area (Å²) in [6, 6.07) is 8.57. The Hall–Kier alpha value is -3.51. The molecule has 0 atom stereocenters. The molecule has 3 N–H and O–H groups in total. The zero-order valence-electron chi connectivity index (χ0n) is 19.0. The molecule has 1 aromatic carbocycles. The number of hydrogen-bond donors (Lipinski definition) is 3. The number of methoxy groups -OCH3 is 1. The van der Waals surface area contributed by atoms with Gasteiger partial charge in [0, 0.05) is 38.9 Å². The summed E-state index contributed by atoms with van der Waals surface area (Å²) in [5.41, 5.74) is 0.809. The number of sulfonamides is 1. The van der Waals surface area contributed by atoms with E-state index in [-0.39, 0.29) is 28.8 Å². The van der Waals surface area contributed by atoms with Crippen LogP contribution in [0, 0.1) is 0 Å². The average Bonchev–Trinajstić information content (AvgIpc) is 2.80. The summed E-state index contributed by atoms with van der Waals surface area (Å²) < 4.78 is 36.8. The fraction of sp³-hybridized carbons (Fsp3) is 0.364. The summed E-state index contributed by atoms with van der Waals surface area (Å²) in [5, 5.41) is 5.23. The number of hydrogen-bond acceptors (Lipinski definition) is 8. The molecular weight excluding hydrogens is 464 g/mol. The van der Waals surface area contributed by atoms with Gasteiger partial charge in [-0.2, -0.15) is 0 Å². The lowest BCUT2D eigenvalue weighted by molar-refractivity contribution is -0.121. The Kier molecular flexibility index (Phi) is 10.4. The molecule has 1 aromatic heterocycles. The minimum absolute atomic E-state index is 0.0242. The van der Waals surface area contributed by atoms with Gasteiger partial charge in [0.2, 0.25) is 11.8 Å². The first-order valence-corrected chi connectivity index (χ1v) is 12.1. The molecule has 0 spiro atoms. The van der Waals surface area contributed by atoms with Crippen LogP contribution < -0.4 is 20.1 Å². The summed E-state index contributed by atoms with van der Waals surface area (Å²) in [6.07, 6.45) is 2.14. The van der Waals surface area contributed by atoms with Gasteiger partial charge in [-0.3, -0.25) is 9.59 Å². The van der Waals surface area contributed by atoms with E-state index < -0.39 is 22.0 Å². The minimum Gasteiger partial charge on any atom is -0.391 e. The minimum atomic E-state index is -4.11. The van der Waals surface area contributed by atoms with Crippen LogP contribution in [0.2, 0.25) is 0 Å². The second-order valence-electron chi connectivity index (χ2n) is 7.12. The van der Waals surface area contributed by atoms with Crippen molar-refractivity contribution < 1.29 is 32.3 Å². The molecule has 0 bridgehead atoms. The van der Waals surface area contributed by atoms with Crippen molar-refractivity contribution in [2.24, 2.45) is 0 Å². The van der Waals surface area contributed by atoms with Gasteiger partial charge in [-0.05, 0) is 36.6 Å². The van der Waals surface area contributed by atoms with Crippen LogP contribution in [-0.2, 0) is 26.0 Å². The van der Waals surface area contributed by atoms with Crippen molar-refractivity contribution in [3.63, 3.8) is 0 Å². The molecule has 0 aliphatic heterocycles. The Morgan fingerprint density at radius 1 is 1.00 bits per heavy atom. The van der Waals surface area contributed by atoms with E-state index in [1.54, 1.807) is 12.1 Å². The third-order valence-corrected chi connectivity index (χ3v) is 5.79. The summed E-state index contributed by atoms with van der Waals surface area (Å²) in [4.78, 5) is 39.2. The number of rotatable bonds is 12.